The van der Waals surface area contributed by atoms with Crippen molar-refractivity contribution in [3.05, 3.63) is 54.1 Å². The lowest BCUT2D eigenvalue weighted by Crippen LogP contribution is -2.35. The molecule has 2 rings (SSSR count). The Morgan fingerprint density at radius 1 is 1.23 bits per heavy atom. The van der Waals surface area contributed by atoms with E-state index in [1.54, 1.807) is 0 Å². The van der Waals surface area contributed by atoms with Gasteiger partial charge in [0.15, 0.2) is 5.12 Å². The topological polar surface area (TPSA) is 111 Å². The van der Waals surface area contributed by atoms with Gasteiger partial charge in [-0.25, -0.2) is 4.79 Å². The molecule has 1 unspecified atom stereocenters. The van der Waals surface area contributed by atoms with Crippen LogP contribution < -0.4 is 10.6 Å². The third-order valence-electron chi connectivity index (χ3n) is 4.61. The fourth-order valence-corrected chi connectivity index (χ4v) is 3.61. The van der Waals surface area contributed by atoms with Crippen molar-refractivity contribution in [2.75, 3.05) is 25.1 Å². The van der Waals surface area contributed by atoms with Gasteiger partial charge in [0.05, 0.1) is 22.3 Å². The van der Waals surface area contributed by atoms with Crippen LogP contribution in [0.3, 0.4) is 0 Å². The molecular formula is C21H23ClN2O6S. The van der Waals surface area contributed by atoms with Crippen molar-refractivity contribution >= 4 is 52.9 Å². The first-order valence-corrected chi connectivity index (χ1v) is 10.2. The maximum absolute atomic E-state index is 12.7. The number of hydrogen-bond acceptors (Lipinski definition) is 7. The van der Waals surface area contributed by atoms with E-state index in [1.165, 1.54) is 30.4 Å². The van der Waals surface area contributed by atoms with Crippen LogP contribution in [-0.2, 0) is 23.9 Å². The minimum absolute atomic E-state index is 0.0233. The molecule has 1 amide bonds. The zero-order chi connectivity index (χ0) is 23.0. The fraction of sp³-hybridized carbons (Fsp3) is 0.333. The second kappa shape index (κ2) is 11.7. The SMILES string of the molecule is C=CCOC(=O)c1ccc(Cl)c(NC(=O)[C@@H]2C[C@@H](C(C(=O)S)C(=O)OCC=C)CN2)c1. The van der Waals surface area contributed by atoms with Gasteiger partial charge in [-0.1, -0.05) is 36.9 Å². The number of rotatable bonds is 10. The first-order chi connectivity index (χ1) is 14.8. The third-order valence-corrected chi connectivity index (χ3v) is 5.22. The van der Waals surface area contributed by atoms with Gasteiger partial charge in [-0.15, -0.1) is 12.6 Å². The quantitative estimate of drug-likeness (QED) is 0.210. The Hall–Kier alpha value is -2.62. The van der Waals surface area contributed by atoms with E-state index in [0.29, 0.717) is 0 Å². The molecule has 0 aromatic heterocycles. The number of carbonyl (C=O) groups excluding carboxylic acids is 4. The van der Waals surface area contributed by atoms with Crippen LogP contribution in [0.25, 0.3) is 0 Å². The summed E-state index contributed by atoms with van der Waals surface area (Å²) in [5.74, 6) is -3.28. The Balaban J connectivity index is 2.06. The number of benzene rings is 1. The Morgan fingerprint density at radius 2 is 1.90 bits per heavy atom. The average molecular weight is 467 g/mol. The van der Waals surface area contributed by atoms with Crippen molar-refractivity contribution in [2.45, 2.75) is 12.5 Å². The molecule has 8 nitrogen and oxygen atoms in total. The standard InChI is InChI=1S/C21H23ClN2O6S/c1-3-7-29-19(26)12-5-6-14(22)15(9-12)24-18(25)16-10-13(11-23-16)17(21(28)31)20(27)30-8-4-2/h3-6,9,13,16-17,23H,1-2,7-8,10-11H2,(H,24,25)(H,28,31)/t13-,16+,17?/m1/s1. The normalized spacial score (nSPS) is 18.5. The Morgan fingerprint density at radius 3 is 2.55 bits per heavy atom. The number of anilines is 1. The minimum atomic E-state index is -1.10. The van der Waals surface area contributed by atoms with E-state index in [4.69, 9.17) is 21.1 Å². The summed E-state index contributed by atoms with van der Waals surface area (Å²) >= 11 is 9.94. The first-order valence-electron chi connectivity index (χ1n) is 9.40. The second-order valence-electron chi connectivity index (χ2n) is 6.76. The molecule has 0 spiro atoms. The molecule has 166 valence electrons. The summed E-state index contributed by atoms with van der Waals surface area (Å²) in [6, 6.07) is 3.67. The zero-order valence-corrected chi connectivity index (χ0v) is 18.3. The highest BCUT2D eigenvalue weighted by Gasteiger charge is 2.41. The molecule has 31 heavy (non-hydrogen) atoms. The molecule has 1 saturated heterocycles. The van der Waals surface area contributed by atoms with Gasteiger partial charge in [-0.3, -0.25) is 14.4 Å². The highest BCUT2D eigenvalue weighted by molar-refractivity contribution is 7.96. The maximum atomic E-state index is 12.7. The molecule has 1 aliphatic rings. The summed E-state index contributed by atoms with van der Waals surface area (Å²) in [5.41, 5.74) is 0.446. The fourth-order valence-electron chi connectivity index (χ4n) is 3.13. The lowest BCUT2D eigenvalue weighted by Gasteiger charge is -2.18. The van der Waals surface area contributed by atoms with E-state index in [1.807, 2.05) is 0 Å². The van der Waals surface area contributed by atoms with Crippen LogP contribution in [0, 0.1) is 11.8 Å². The summed E-state index contributed by atoms with van der Waals surface area (Å²) in [7, 11) is 0. The largest absolute Gasteiger partial charge is 0.461 e. The lowest BCUT2D eigenvalue weighted by atomic mass is 9.90. The molecule has 0 aliphatic carbocycles. The smallest absolute Gasteiger partial charge is 0.338 e. The van der Waals surface area contributed by atoms with Gasteiger partial charge in [-0.05, 0) is 30.5 Å². The van der Waals surface area contributed by atoms with Crippen molar-refractivity contribution in [1.29, 1.82) is 0 Å². The summed E-state index contributed by atoms with van der Waals surface area (Å²) in [6.07, 6.45) is 3.05. The third kappa shape index (κ3) is 6.68. The Kier molecular flexibility index (Phi) is 9.29. The van der Waals surface area contributed by atoms with Crippen LogP contribution >= 0.6 is 24.2 Å². The molecule has 0 saturated carbocycles. The van der Waals surface area contributed by atoms with E-state index in [9.17, 15) is 19.2 Å². The van der Waals surface area contributed by atoms with Crippen LogP contribution in [0.1, 0.15) is 16.8 Å². The number of hydrogen-bond donors (Lipinski definition) is 3. The molecule has 1 fully saturated rings. The van der Waals surface area contributed by atoms with Crippen molar-refractivity contribution in [3.8, 4) is 0 Å². The number of ether oxygens (including phenoxy) is 2. The van der Waals surface area contributed by atoms with E-state index in [2.05, 4.69) is 36.4 Å². The van der Waals surface area contributed by atoms with Gasteiger partial charge in [0.1, 0.15) is 19.1 Å². The molecule has 1 aromatic rings. The summed E-state index contributed by atoms with van der Waals surface area (Å²) in [6.45, 7) is 7.21. The number of halogens is 1. The summed E-state index contributed by atoms with van der Waals surface area (Å²) in [4.78, 5) is 48.8. The average Bonchev–Trinajstić information content (AvgIpc) is 3.21. The van der Waals surface area contributed by atoms with E-state index >= 15 is 0 Å². The molecule has 2 N–H and O–H groups in total. The number of esters is 2. The van der Waals surface area contributed by atoms with Crippen LogP contribution in [0.5, 0.6) is 0 Å². The van der Waals surface area contributed by atoms with E-state index < -0.39 is 40.8 Å². The van der Waals surface area contributed by atoms with Gasteiger partial charge in [0.25, 0.3) is 0 Å². The second-order valence-corrected chi connectivity index (χ2v) is 7.61. The molecule has 3 atom stereocenters. The Labute approximate surface area is 190 Å². The first kappa shape index (κ1) is 24.6. The van der Waals surface area contributed by atoms with Crippen LogP contribution in [0.4, 0.5) is 5.69 Å². The number of amides is 1. The zero-order valence-electron chi connectivity index (χ0n) is 16.6. The van der Waals surface area contributed by atoms with Crippen LogP contribution in [0.15, 0.2) is 43.5 Å². The summed E-state index contributed by atoms with van der Waals surface area (Å²) in [5, 5.41) is 5.25. The van der Waals surface area contributed by atoms with Crippen molar-refractivity contribution < 1.29 is 28.7 Å². The predicted molar refractivity (Wildman–Crippen MR) is 119 cm³/mol. The Bertz CT molecular complexity index is 891. The highest BCUT2D eigenvalue weighted by atomic mass is 35.5. The van der Waals surface area contributed by atoms with Gasteiger partial charge >= 0.3 is 11.9 Å². The molecule has 1 heterocycles. The van der Waals surface area contributed by atoms with Crippen molar-refractivity contribution in [3.63, 3.8) is 0 Å². The monoisotopic (exact) mass is 466 g/mol. The molecule has 1 aliphatic heterocycles. The van der Waals surface area contributed by atoms with E-state index in [-0.39, 0.29) is 42.5 Å². The van der Waals surface area contributed by atoms with Crippen molar-refractivity contribution in [1.82, 2.24) is 5.32 Å². The van der Waals surface area contributed by atoms with Gasteiger partial charge in [0, 0.05) is 6.54 Å². The highest BCUT2D eigenvalue weighted by Crippen LogP contribution is 2.28. The molecule has 1 aromatic carbocycles. The van der Waals surface area contributed by atoms with Gasteiger partial charge in [0.2, 0.25) is 5.91 Å². The number of nitrogens with one attached hydrogen (secondary N) is 2. The molecule has 10 heteroatoms. The number of carbonyl (C=O) groups is 4. The van der Waals surface area contributed by atoms with Gasteiger partial charge < -0.3 is 20.1 Å². The maximum Gasteiger partial charge on any atom is 0.338 e. The molecule has 0 radical (unpaired) electrons. The van der Waals surface area contributed by atoms with Crippen molar-refractivity contribution in [2.24, 2.45) is 11.8 Å². The van der Waals surface area contributed by atoms with E-state index in [0.717, 1.165) is 0 Å². The van der Waals surface area contributed by atoms with Crippen LogP contribution in [0.2, 0.25) is 5.02 Å². The minimum Gasteiger partial charge on any atom is -0.461 e. The molecule has 0 bridgehead atoms. The lowest BCUT2D eigenvalue weighted by molar-refractivity contribution is -0.151. The number of thiol groups is 1. The molecular weight excluding hydrogens is 444 g/mol. The predicted octanol–water partition coefficient (Wildman–Crippen LogP) is 2.40. The van der Waals surface area contributed by atoms with Gasteiger partial charge in [-0.2, -0.15) is 0 Å². The summed E-state index contributed by atoms with van der Waals surface area (Å²) < 4.78 is 9.95. The van der Waals surface area contributed by atoms with Crippen LogP contribution in [-0.4, -0.2) is 48.8 Å².